The molecule has 6 nitrogen and oxygen atoms in total. The van der Waals surface area contributed by atoms with Crippen molar-refractivity contribution in [3.63, 3.8) is 0 Å². The van der Waals surface area contributed by atoms with E-state index in [1.165, 1.54) is 12.6 Å². The fourth-order valence-corrected chi connectivity index (χ4v) is 2.33. The van der Waals surface area contributed by atoms with Crippen LogP contribution in [0.15, 0.2) is 6.33 Å². The summed E-state index contributed by atoms with van der Waals surface area (Å²) in [5, 5.41) is 7.27. The normalized spacial score (nSPS) is 14.7. The van der Waals surface area contributed by atoms with E-state index >= 15 is 0 Å². The van der Waals surface area contributed by atoms with Crippen molar-refractivity contribution in [1.29, 1.82) is 0 Å². The average molecular weight is 274 g/mol. The lowest BCUT2D eigenvalue weighted by Crippen LogP contribution is -2.46. The molecule has 1 aromatic rings. The van der Waals surface area contributed by atoms with Crippen LogP contribution in [0, 0.1) is 0 Å². The van der Waals surface area contributed by atoms with Crippen LogP contribution in [0.1, 0.15) is 39.1 Å². The number of hydrogen-bond donors (Lipinski definition) is 1. The van der Waals surface area contributed by atoms with Gasteiger partial charge < -0.3 is 5.32 Å². The largest absolute Gasteiger partial charge is 0.306 e. The molecule has 0 aliphatic carbocycles. The van der Waals surface area contributed by atoms with Crippen molar-refractivity contribution in [2.75, 3.05) is 12.8 Å². The maximum Gasteiger partial charge on any atom is 0.154 e. The lowest BCUT2D eigenvalue weighted by atomic mass is 10.0. The lowest BCUT2D eigenvalue weighted by Gasteiger charge is -2.32. The first kappa shape index (κ1) is 15.1. The van der Waals surface area contributed by atoms with Gasteiger partial charge in [0.05, 0.1) is 10.8 Å². The van der Waals surface area contributed by atoms with Gasteiger partial charge in [-0.1, -0.05) is 6.92 Å². The molecule has 0 aliphatic rings. The number of rotatable bonds is 6. The second-order valence-corrected chi connectivity index (χ2v) is 7.60. The molecule has 1 atom stereocenters. The van der Waals surface area contributed by atoms with Gasteiger partial charge in [-0.15, -0.1) is 0 Å². The Bertz CT molecular complexity index is 493. The molecule has 7 heteroatoms. The van der Waals surface area contributed by atoms with Crippen molar-refractivity contribution < 1.29 is 8.42 Å². The van der Waals surface area contributed by atoms with Gasteiger partial charge in [0.2, 0.25) is 0 Å². The SMILES string of the molecule is CCCNC(c1ncnn1C)C(C)(C)S(C)(=O)=O. The standard InChI is InChI=1S/C11H22N4O2S/c1-6-7-12-9(10-13-8-14-15(10)4)11(2,3)18(5,16)17/h8-9,12H,6-7H2,1-5H3. The van der Waals surface area contributed by atoms with Crippen LogP contribution in [0.25, 0.3) is 0 Å². The Morgan fingerprint density at radius 3 is 2.50 bits per heavy atom. The van der Waals surface area contributed by atoms with Crippen LogP contribution in [0.5, 0.6) is 0 Å². The molecule has 0 bridgehead atoms. The van der Waals surface area contributed by atoms with E-state index in [2.05, 4.69) is 15.4 Å². The summed E-state index contributed by atoms with van der Waals surface area (Å²) in [6, 6.07) is -0.375. The van der Waals surface area contributed by atoms with E-state index in [1.54, 1.807) is 25.6 Å². The van der Waals surface area contributed by atoms with Crippen molar-refractivity contribution in [2.45, 2.75) is 38.0 Å². The molecular weight excluding hydrogens is 252 g/mol. The van der Waals surface area contributed by atoms with Crippen molar-refractivity contribution >= 4 is 9.84 Å². The highest BCUT2D eigenvalue weighted by atomic mass is 32.2. The Hall–Kier alpha value is -0.950. The quantitative estimate of drug-likeness (QED) is 0.825. The van der Waals surface area contributed by atoms with E-state index in [1.807, 2.05) is 6.92 Å². The van der Waals surface area contributed by atoms with E-state index in [9.17, 15) is 8.42 Å². The monoisotopic (exact) mass is 274 g/mol. The summed E-state index contributed by atoms with van der Waals surface area (Å²) >= 11 is 0. The third-order valence-corrected chi connectivity index (χ3v) is 5.40. The molecule has 18 heavy (non-hydrogen) atoms. The first-order valence-electron chi connectivity index (χ1n) is 5.98. The fraction of sp³-hybridized carbons (Fsp3) is 0.818. The minimum atomic E-state index is -3.22. The van der Waals surface area contributed by atoms with Gasteiger partial charge in [-0.25, -0.2) is 13.4 Å². The summed E-state index contributed by atoms with van der Waals surface area (Å²) in [6.07, 6.45) is 3.62. The molecule has 1 rings (SSSR count). The van der Waals surface area contributed by atoms with Crippen molar-refractivity contribution in [2.24, 2.45) is 7.05 Å². The van der Waals surface area contributed by atoms with Crippen LogP contribution < -0.4 is 5.32 Å². The zero-order valence-electron chi connectivity index (χ0n) is 11.6. The third kappa shape index (κ3) is 2.89. The Kier molecular flexibility index (Phi) is 4.50. The molecule has 0 radical (unpaired) electrons. The molecule has 104 valence electrons. The van der Waals surface area contributed by atoms with Gasteiger partial charge in [-0.3, -0.25) is 4.68 Å². The van der Waals surface area contributed by atoms with E-state index in [0.717, 1.165) is 13.0 Å². The first-order valence-corrected chi connectivity index (χ1v) is 7.87. The molecule has 0 fully saturated rings. The van der Waals surface area contributed by atoms with E-state index < -0.39 is 14.6 Å². The van der Waals surface area contributed by atoms with Crippen LogP contribution >= 0.6 is 0 Å². The Morgan fingerprint density at radius 2 is 2.11 bits per heavy atom. The van der Waals surface area contributed by atoms with Crippen molar-refractivity contribution in [1.82, 2.24) is 20.1 Å². The molecule has 1 aromatic heterocycles. The number of hydrogen-bond acceptors (Lipinski definition) is 5. The summed E-state index contributed by atoms with van der Waals surface area (Å²) in [7, 11) is -1.45. The van der Waals surface area contributed by atoms with Gasteiger partial charge in [-0.2, -0.15) is 5.10 Å². The second-order valence-electron chi connectivity index (χ2n) is 5.00. The highest BCUT2D eigenvalue weighted by Crippen LogP contribution is 2.30. The first-order chi connectivity index (χ1) is 8.21. The summed E-state index contributed by atoms with van der Waals surface area (Å²) < 4.78 is 24.6. The Balaban J connectivity index is 3.18. The molecule has 0 saturated carbocycles. The summed E-state index contributed by atoms with van der Waals surface area (Å²) in [4.78, 5) is 4.17. The molecule has 0 saturated heterocycles. The number of nitrogens with one attached hydrogen (secondary N) is 1. The zero-order valence-corrected chi connectivity index (χ0v) is 12.5. The fourth-order valence-electron chi connectivity index (χ4n) is 1.72. The summed E-state index contributed by atoms with van der Waals surface area (Å²) in [6.45, 7) is 6.19. The van der Waals surface area contributed by atoms with Crippen LogP contribution in [0.4, 0.5) is 0 Å². The lowest BCUT2D eigenvalue weighted by molar-refractivity contribution is 0.392. The van der Waals surface area contributed by atoms with Crippen LogP contribution in [-0.4, -0.2) is 40.7 Å². The Morgan fingerprint density at radius 1 is 1.50 bits per heavy atom. The van der Waals surface area contributed by atoms with Gasteiger partial charge in [0, 0.05) is 13.3 Å². The highest BCUT2D eigenvalue weighted by molar-refractivity contribution is 7.92. The predicted molar refractivity (Wildman–Crippen MR) is 71.0 cm³/mol. The van der Waals surface area contributed by atoms with Gasteiger partial charge in [0.1, 0.15) is 12.2 Å². The molecule has 0 aliphatic heterocycles. The molecule has 1 heterocycles. The van der Waals surface area contributed by atoms with E-state index in [-0.39, 0.29) is 6.04 Å². The van der Waals surface area contributed by atoms with Gasteiger partial charge in [0.25, 0.3) is 0 Å². The minimum absolute atomic E-state index is 0.375. The molecule has 1 unspecified atom stereocenters. The van der Waals surface area contributed by atoms with Gasteiger partial charge in [0.15, 0.2) is 9.84 Å². The molecule has 1 N–H and O–H groups in total. The van der Waals surface area contributed by atoms with E-state index in [0.29, 0.717) is 5.82 Å². The number of sulfone groups is 1. The minimum Gasteiger partial charge on any atom is -0.306 e. The van der Waals surface area contributed by atoms with E-state index in [4.69, 9.17) is 0 Å². The number of aromatic nitrogens is 3. The maximum absolute atomic E-state index is 12.0. The smallest absolute Gasteiger partial charge is 0.154 e. The van der Waals surface area contributed by atoms with Crippen LogP contribution in [-0.2, 0) is 16.9 Å². The highest BCUT2D eigenvalue weighted by Gasteiger charge is 2.41. The van der Waals surface area contributed by atoms with Crippen LogP contribution in [0.3, 0.4) is 0 Å². The van der Waals surface area contributed by atoms with Gasteiger partial charge >= 0.3 is 0 Å². The number of aryl methyl sites for hydroxylation is 1. The topological polar surface area (TPSA) is 76.9 Å². The predicted octanol–water partition coefficient (Wildman–Crippen LogP) is 0.679. The summed E-state index contributed by atoms with van der Waals surface area (Å²) in [5.74, 6) is 0.638. The van der Waals surface area contributed by atoms with Crippen molar-refractivity contribution in [3.8, 4) is 0 Å². The average Bonchev–Trinajstić information content (AvgIpc) is 2.63. The molecule has 0 spiro atoms. The molecule has 0 aromatic carbocycles. The molecule has 0 amide bonds. The number of nitrogens with zero attached hydrogens (tertiary/aromatic N) is 3. The van der Waals surface area contributed by atoms with Crippen molar-refractivity contribution in [3.05, 3.63) is 12.2 Å². The second kappa shape index (κ2) is 5.36. The summed E-state index contributed by atoms with van der Waals surface area (Å²) in [5.41, 5.74) is 0. The third-order valence-electron chi connectivity index (χ3n) is 3.25. The van der Waals surface area contributed by atoms with Crippen LogP contribution in [0.2, 0.25) is 0 Å². The van der Waals surface area contributed by atoms with Gasteiger partial charge in [-0.05, 0) is 26.8 Å². The molecular formula is C11H22N4O2S. The Labute approximate surface area is 109 Å². The maximum atomic E-state index is 12.0. The zero-order chi connectivity index (χ0) is 14.0.